The van der Waals surface area contributed by atoms with E-state index in [2.05, 4.69) is 25.4 Å². The third-order valence-electron chi connectivity index (χ3n) is 7.61. The number of nitrogens with one attached hydrogen (secondary N) is 1. The number of aromatic amines is 1. The van der Waals surface area contributed by atoms with E-state index >= 15 is 0 Å². The number of hydrogen-bond donors (Lipinski definition) is 1. The van der Waals surface area contributed by atoms with Crippen LogP contribution >= 0.6 is 0 Å². The van der Waals surface area contributed by atoms with Crippen LogP contribution in [0, 0.1) is 6.92 Å². The van der Waals surface area contributed by atoms with Crippen LogP contribution in [0.15, 0.2) is 51.9 Å². The van der Waals surface area contributed by atoms with Crippen molar-refractivity contribution in [3.8, 4) is 0 Å². The summed E-state index contributed by atoms with van der Waals surface area (Å²) in [5, 5.41) is 14.1. The second-order valence-corrected chi connectivity index (χ2v) is 10.1. The third kappa shape index (κ3) is 4.49. The van der Waals surface area contributed by atoms with Crippen LogP contribution in [0.4, 0.5) is 0 Å². The van der Waals surface area contributed by atoms with Crippen molar-refractivity contribution in [1.29, 1.82) is 0 Å². The van der Waals surface area contributed by atoms with Gasteiger partial charge in [-0.2, -0.15) is 0 Å². The lowest BCUT2D eigenvalue weighted by Crippen LogP contribution is -2.39. The standard InChI is InChI=1S/C27H32N6O3/c1-18-7-4-8-19-15-23(27(34)28-24(18)19)25(26-29-30-31-33(26)20-9-2-3-10-20)32(16-21-11-5-13-35-21)17-22-12-6-14-36-22/h4-5,7-8,11,13,15,20,22,25H,2-3,6,9-10,12,14,16-17H2,1H3,(H,28,34)/t22-,25-/m1/s1. The molecule has 9 nitrogen and oxygen atoms in total. The zero-order chi connectivity index (χ0) is 24.5. The fraction of sp³-hybridized carbons (Fsp3) is 0.481. The van der Waals surface area contributed by atoms with Gasteiger partial charge in [-0.3, -0.25) is 9.69 Å². The summed E-state index contributed by atoms with van der Waals surface area (Å²) in [6.45, 7) is 3.94. The van der Waals surface area contributed by atoms with Gasteiger partial charge in [-0.05, 0) is 72.2 Å². The number of aryl methyl sites for hydroxylation is 1. The fourth-order valence-electron chi connectivity index (χ4n) is 5.81. The molecule has 1 saturated carbocycles. The lowest BCUT2D eigenvalue weighted by molar-refractivity contribution is 0.0541. The highest BCUT2D eigenvalue weighted by molar-refractivity contribution is 5.82. The van der Waals surface area contributed by atoms with E-state index < -0.39 is 6.04 Å². The first kappa shape index (κ1) is 23.1. The Morgan fingerprint density at radius 2 is 2.06 bits per heavy atom. The van der Waals surface area contributed by atoms with E-state index in [0.29, 0.717) is 24.5 Å². The van der Waals surface area contributed by atoms with Crippen molar-refractivity contribution in [3.05, 3.63) is 75.7 Å². The normalized spacial score (nSPS) is 19.6. The largest absolute Gasteiger partial charge is 0.468 e. The van der Waals surface area contributed by atoms with Gasteiger partial charge >= 0.3 is 0 Å². The second kappa shape index (κ2) is 9.99. The van der Waals surface area contributed by atoms with Crippen molar-refractivity contribution < 1.29 is 9.15 Å². The Morgan fingerprint density at radius 3 is 2.83 bits per heavy atom. The number of hydrogen-bond acceptors (Lipinski definition) is 7. The Labute approximate surface area is 209 Å². The maximum Gasteiger partial charge on any atom is 0.253 e. The molecule has 2 fully saturated rings. The summed E-state index contributed by atoms with van der Waals surface area (Å²) in [6.07, 6.45) is 8.21. The monoisotopic (exact) mass is 488 g/mol. The fourth-order valence-corrected chi connectivity index (χ4v) is 5.81. The van der Waals surface area contributed by atoms with Crippen molar-refractivity contribution in [2.24, 2.45) is 0 Å². The van der Waals surface area contributed by atoms with Crippen LogP contribution in [0.2, 0.25) is 0 Å². The summed E-state index contributed by atoms with van der Waals surface area (Å²) in [5.74, 6) is 1.52. The highest BCUT2D eigenvalue weighted by atomic mass is 16.5. The molecule has 2 aliphatic rings. The van der Waals surface area contributed by atoms with Crippen molar-refractivity contribution >= 4 is 10.9 Å². The smallest absolute Gasteiger partial charge is 0.253 e. The summed E-state index contributed by atoms with van der Waals surface area (Å²) in [5.41, 5.74) is 2.40. The van der Waals surface area contributed by atoms with Gasteiger partial charge in [-0.25, -0.2) is 4.68 Å². The number of benzene rings is 1. The SMILES string of the molecule is Cc1cccc2cc([C@H](c3nnnn3C3CCCC3)N(Cc3ccco3)C[C@H]3CCCO3)c(=O)[nH]c12. The molecule has 1 aromatic carbocycles. The Hall–Kier alpha value is -3.30. The van der Waals surface area contributed by atoms with Crippen LogP contribution in [0.25, 0.3) is 10.9 Å². The zero-order valence-corrected chi connectivity index (χ0v) is 20.6. The van der Waals surface area contributed by atoms with Crippen molar-refractivity contribution in [3.63, 3.8) is 0 Å². The number of rotatable bonds is 8. The summed E-state index contributed by atoms with van der Waals surface area (Å²) in [7, 11) is 0. The van der Waals surface area contributed by atoms with Crippen LogP contribution in [0.1, 0.15) is 73.3 Å². The first-order valence-corrected chi connectivity index (χ1v) is 13.0. The number of pyridine rings is 1. The molecule has 1 N–H and O–H groups in total. The maximum atomic E-state index is 13.7. The summed E-state index contributed by atoms with van der Waals surface area (Å²) < 4.78 is 13.7. The first-order valence-electron chi connectivity index (χ1n) is 13.0. The summed E-state index contributed by atoms with van der Waals surface area (Å²) >= 11 is 0. The van der Waals surface area contributed by atoms with Gasteiger partial charge in [-0.15, -0.1) is 5.10 Å². The molecule has 3 aromatic heterocycles. The summed E-state index contributed by atoms with van der Waals surface area (Å²) in [6, 6.07) is 11.7. The molecule has 4 aromatic rings. The number of ether oxygens (including phenoxy) is 1. The van der Waals surface area contributed by atoms with E-state index in [4.69, 9.17) is 9.15 Å². The number of aromatic nitrogens is 5. The lowest BCUT2D eigenvalue weighted by atomic mass is 10.0. The molecule has 36 heavy (non-hydrogen) atoms. The van der Waals surface area contributed by atoms with Gasteiger partial charge in [0.1, 0.15) is 11.8 Å². The molecule has 1 aliphatic heterocycles. The molecule has 0 amide bonds. The number of para-hydroxylation sites is 1. The minimum Gasteiger partial charge on any atom is -0.468 e. The minimum absolute atomic E-state index is 0.0834. The molecule has 6 rings (SSSR count). The van der Waals surface area contributed by atoms with Gasteiger partial charge in [0.15, 0.2) is 5.82 Å². The Bertz CT molecular complexity index is 1370. The van der Waals surface area contributed by atoms with E-state index in [-0.39, 0.29) is 17.7 Å². The van der Waals surface area contributed by atoms with Gasteiger partial charge in [0, 0.05) is 18.7 Å². The average Bonchev–Trinajstić information content (AvgIpc) is 3.68. The van der Waals surface area contributed by atoms with Crippen LogP contribution in [-0.4, -0.2) is 49.3 Å². The van der Waals surface area contributed by atoms with Gasteiger partial charge in [0.25, 0.3) is 5.56 Å². The Kier molecular flexibility index (Phi) is 6.41. The van der Waals surface area contributed by atoms with E-state index in [1.807, 2.05) is 48.0 Å². The molecule has 188 valence electrons. The van der Waals surface area contributed by atoms with Crippen LogP contribution in [0.3, 0.4) is 0 Å². The highest BCUT2D eigenvalue weighted by Gasteiger charge is 2.35. The van der Waals surface area contributed by atoms with Crippen molar-refractivity contribution in [1.82, 2.24) is 30.1 Å². The maximum absolute atomic E-state index is 13.7. The van der Waals surface area contributed by atoms with Crippen LogP contribution in [0.5, 0.6) is 0 Å². The highest BCUT2D eigenvalue weighted by Crippen LogP contribution is 2.35. The summed E-state index contributed by atoms with van der Waals surface area (Å²) in [4.78, 5) is 19.1. The van der Waals surface area contributed by atoms with E-state index in [9.17, 15) is 4.79 Å². The average molecular weight is 489 g/mol. The topological polar surface area (TPSA) is 102 Å². The van der Waals surface area contributed by atoms with Crippen LogP contribution < -0.4 is 5.56 Å². The van der Waals surface area contributed by atoms with E-state index in [1.54, 1.807) is 6.26 Å². The molecular formula is C27H32N6O3. The van der Waals surface area contributed by atoms with Crippen molar-refractivity contribution in [2.45, 2.75) is 70.2 Å². The van der Waals surface area contributed by atoms with Crippen molar-refractivity contribution in [2.75, 3.05) is 13.2 Å². The van der Waals surface area contributed by atoms with Gasteiger partial charge in [0.2, 0.25) is 0 Å². The molecule has 0 bridgehead atoms. The molecule has 0 unspecified atom stereocenters. The molecule has 1 aliphatic carbocycles. The molecule has 9 heteroatoms. The Morgan fingerprint density at radius 1 is 1.17 bits per heavy atom. The Balaban J connectivity index is 1.51. The van der Waals surface area contributed by atoms with E-state index in [0.717, 1.165) is 67.4 Å². The quantitative estimate of drug-likeness (QED) is 0.394. The number of H-pyrrole nitrogens is 1. The second-order valence-electron chi connectivity index (χ2n) is 10.1. The molecule has 0 spiro atoms. The third-order valence-corrected chi connectivity index (χ3v) is 7.61. The zero-order valence-electron chi connectivity index (χ0n) is 20.6. The van der Waals surface area contributed by atoms with E-state index in [1.165, 1.54) is 0 Å². The lowest BCUT2D eigenvalue weighted by Gasteiger charge is -2.32. The van der Waals surface area contributed by atoms with Gasteiger partial charge in [0.05, 0.1) is 30.5 Å². The molecule has 0 radical (unpaired) electrons. The number of tetrazole rings is 1. The van der Waals surface area contributed by atoms with Gasteiger partial charge in [-0.1, -0.05) is 31.0 Å². The predicted octanol–water partition coefficient (Wildman–Crippen LogP) is 4.30. The minimum atomic E-state index is -0.455. The van der Waals surface area contributed by atoms with Gasteiger partial charge < -0.3 is 14.1 Å². The van der Waals surface area contributed by atoms with Crippen LogP contribution in [-0.2, 0) is 11.3 Å². The molecule has 2 atom stereocenters. The number of nitrogens with zero attached hydrogens (tertiary/aromatic N) is 5. The first-order chi connectivity index (χ1) is 17.7. The molecule has 1 saturated heterocycles. The molecule has 4 heterocycles. The number of fused-ring (bicyclic) bond motifs is 1. The predicted molar refractivity (Wildman–Crippen MR) is 135 cm³/mol. The number of furan rings is 1. The molecular weight excluding hydrogens is 456 g/mol.